The van der Waals surface area contributed by atoms with E-state index in [0.717, 1.165) is 30.6 Å². The average molecular weight is 278 g/mol. The van der Waals surface area contributed by atoms with Gasteiger partial charge >= 0.3 is 0 Å². The lowest BCUT2D eigenvalue weighted by atomic mass is 9.80. The second-order valence-electron chi connectivity index (χ2n) is 3.97. The van der Waals surface area contributed by atoms with Crippen molar-refractivity contribution in [2.75, 3.05) is 19.4 Å². The number of hydrogen-bond acceptors (Lipinski definition) is 7. The van der Waals surface area contributed by atoms with Crippen molar-refractivity contribution in [1.82, 2.24) is 14.9 Å². The zero-order chi connectivity index (χ0) is 12.5. The molecule has 0 aromatic carbocycles. The Morgan fingerprint density at radius 2 is 2.24 bits per heavy atom. The van der Waals surface area contributed by atoms with Crippen LogP contribution in [0.15, 0.2) is 4.34 Å². The van der Waals surface area contributed by atoms with Crippen LogP contribution >= 0.6 is 11.3 Å². The number of methoxy groups -OCH3 is 1. The molecular formula is C8H14N4O3S2. The van der Waals surface area contributed by atoms with Gasteiger partial charge in [0.2, 0.25) is 9.47 Å². The number of nitrogens with one attached hydrogen (secondary N) is 1. The Labute approximate surface area is 103 Å². The predicted molar refractivity (Wildman–Crippen MR) is 63.1 cm³/mol. The quantitative estimate of drug-likeness (QED) is 0.783. The molecule has 1 saturated carbocycles. The van der Waals surface area contributed by atoms with Crippen molar-refractivity contribution < 1.29 is 13.2 Å². The average Bonchev–Trinajstić information content (AvgIpc) is 2.64. The Morgan fingerprint density at radius 1 is 1.53 bits per heavy atom. The second kappa shape index (κ2) is 4.48. The van der Waals surface area contributed by atoms with Crippen molar-refractivity contribution in [1.29, 1.82) is 0 Å². The van der Waals surface area contributed by atoms with Crippen molar-refractivity contribution in [2.24, 2.45) is 0 Å². The van der Waals surface area contributed by atoms with Crippen LogP contribution in [0.2, 0.25) is 0 Å². The summed E-state index contributed by atoms with van der Waals surface area (Å²) in [5.41, 5.74) is 4.99. The molecule has 96 valence electrons. The standard InChI is InChI=1S/C8H14N4O3S2/c1-15-8(3-2-4-8)5-10-17(13,14)7-12-11-6(9)16-7/h10H,2-5H2,1H3,(H2,9,11). The number of sulfonamides is 1. The first-order valence-corrected chi connectivity index (χ1v) is 7.41. The zero-order valence-electron chi connectivity index (χ0n) is 9.34. The molecule has 9 heteroatoms. The molecule has 1 aromatic rings. The van der Waals surface area contributed by atoms with E-state index in [0.29, 0.717) is 0 Å². The third kappa shape index (κ3) is 2.57. The van der Waals surface area contributed by atoms with Crippen molar-refractivity contribution >= 4 is 26.5 Å². The summed E-state index contributed by atoms with van der Waals surface area (Å²) in [5.74, 6) is 0. The van der Waals surface area contributed by atoms with E-state index in [1.165, 1.54) is 0 Å². The molecule has 0 atom stereocenters. The zero-order valence-corrected chi connectivity index (χ0v) is 11.0. The van der Waals surface area contributed by atoms with E-state index in [1.54, 1.807) is 7.11 Å². The summed E-state index contributed by atoms with van der Waals surface area (Å²) in [5, 5.41) is 7.12. The molecule has 1 aromatic heterocycles. The van der Waals surface area contributed by atoms with Gasteiger partial charge in [-0.15, -0.1) is 10.2 Å². The summed E-state index contributed by atoms with van der Waals surface area (Å²) in [6.07, 6.45) is 2.79. The molecule has 17 heavy (non-hydrogen) atoms. The van der Waals surface area contributed by atoms with E-state index in [-0.39, 0.29) is 21.6 Å². The lowest BCUT2D eigenvalue weighted by molar-refractivity contribution is -0.0659. The number of nitrogen functional groups attached to an aromatic ring is 1. The van der Waals surface area contributed by atoms with Crippen LogP contribution in [0.1, 0.15) is 19.3 Å². The molecular weight excluding hydrogens is 264 g/mol. The van der Waals surface area contributed by atoms with E-state index in [2.05, 4.69) is 14.9 Å². The SMILES string of the molecule is COC1(CNS(=O)(=O)c2nnc(N)s2)CCC1. The van der Waals surface area contributed by atoms with Crippen LogP contribution in [0.5, 0.6) is 0 Å². The van der Waals surface area contributed by atoms with Crippen LogP contribution in [0.4, 0.5) is 5.13 Å². The number of rotatable bonds is 5. The molecule has 0 saturated heterocycles. The van der Waals surface area contributed by atoms with Gasteiger partial charge in [-0.25, -0.2) is 13.1 Å². The van der Waals surface area contributed by atoms with Crippen LogP contribution in [0.25, 0.3) is 0 Å². The van der Waals surface area contributed by atoms with Gasteiger partial charge in [-0.05, 0) is 19.3 Å². The molecule has 0 aliphatic heterocycles. The van der Waals surface area contributed by atoms with Gasteiger partial charge in [0, 0.05) is 13.7 Å². The maximum Gasteiger partial charge on any atom is 0.269 e. The molecule has 7 nitrogen and oxygen atoms in total. The molecule has 0 bridgehead atoms. The number of ether oxygens (including phenoxy) is 1. The van der Waals surface area contributed by atoms with Gasteiger partial charge in [0.1, 0.15) is 0 Å². The third-order valence-electron chi connectivity index (χ3n) is 2.93. The molecule has 0 unspecified atom stereocenters. The minimum absolute atomic E-state index is 0.111. The first-order valence-electron chi connectivity index (χ1n) is 5.11. The molecule has 0 spiro atoms. The van der Waals surface area contributed by atoms with E-state index in [1.807, 2.05) is 0 Å². The molecule has 0 radical (unpaired) electrons. The summed E-state index contributed by atoms with van der Waals surface area (Å²) in [4.78, 5) is 0. The van der Waals surface area contributed by atoms with Crippen molar-refractivity contribution in [2.45, 2.75) is 29.2 Å². The highest BCUT2D eigenvalue weighted by Gasteiger charge is 2.38. The first-order chi connectivity index (χ1) is 7.97. The molecule has 0 amide bonds. The molecule has 1 heterocycles. The summed E-state index contributed by atoms with van der Waals surface area (Å²) in [6, 6.07) is 0. The smallest absolute Gasteiger partial charge is 0.269 e. The Balaban J connectivity index is 2.03. The van der Waals surface area contributed by atoms with Gasteiger partial charge in [-0.1, -0.05) is 11.3 Å². The van der Waals surface area contributed by atoms with Gasteiger partial charge in [0.05, 0.1) is 5.60 Å². The maximum atomic E-state index is 11.8. The van der Waals surface area contributed by atoms with Crippen molar-refractivity contribution in [3.05, 3.63) is 0 Å². The first kappa shape index (κ1) is 12.7. The summed E-state index contributed by atoms with van der Waals surface area (Å²) in [6.45, 7) is 0.255. The summed E-state index contributed by atoms with van der Waals surface area (Å²) >= 11 is 0.843. The highest BCUT2D eigenvalue weighted by molar-refractivity contribution is 7.91. The predicted octanol–water partition coefficient (Wildman–Crippen LogP) is -0.0323. The largest absolute Gasteiger partial charge is 0.377 e. The lowest BCUT2D eigenvalue weighted by Gasteiger charge is -2.40. The van der Waals surface area contributed by atoms with Crippen LogP contribution < -0.4 is 10.5 Å². The Hall–Kier alpha value is -0.770. The maximum absolute atomic E-state index is 11.8. The fourth-order valence-electron chi connectivity index (χ4n) is 1.64. The summed E-state index contributed by atoms with van der Waals surface area (Å²) < 4.78 is 31.4. The van der Waals surface area contributed by atoms with Crippen LogP contribution in [-0.2, 0) is 14.8 Å². The topological polar surface area (TPSA) is 107 Å². The van der Waals surface area contributed by atoms with Gasteiger partial charge < -0.3 is 10.5 Å². The Morgan fingerprint density at radius 3 is 2.65 bits per heavy atom. The third-order valence-corrected chi connectivity index (χ3v) is 5.46. The van der Waals surface area contributed by atoms with Crippen LogP contribution in [0.3, 0.4) is 0 Å². The van der Waals surface area contributed by atoms with Crippen molar-refractivity contribution in [3.63, 3.8) is 0 Å². The second-order valence-corrected chi connectivity index (χ2v) is 6.92. The molecule has 1 aliphatic rings. The minimum Gasteiger partial charge on any atom is -0.377 e. The number of hydrogen-bond donors (Lipinski definition) is 2. The van der Waals surface area contributed by atoms with E-state index < -0.39 is 10.0 Å². The normalized spacial score (nSPS) is 18.9. The van der Waals surface area contributed by atoms with Crippen LogP contribution in [0, 0.1) is 0 Å². The monoisotopic (exact) mass is 278 g/mol. The van der Waals surface area contributed by atoms with Gasteiger partial charge in [0.25, 0.3) is 10.0 Å². The molecule has 1 aliphatic carbocycles. The molecule has 2 rings (SSSR count). The number of anilines is 1. The Bertz CT molecular complexity index is 489. The van der Waals surface area contributed by atoms with Gasteiger partial charge in [0.15, 0.2) is 0 Å². The van der Waals surface area contributed by atoms with Gasteiger partial charge in [-0.3, -0.25) is 0 Å². The minimum atomic E-state index is -3.62. The fraction of sp³-hybridized carbons (Fsp3) is 0.750. The number of nitrogens with two attached hydrogens (primary N) is 1. The highest BCUT2D eigenvalue weighted by atomic mass is 32.2. The van der Waals surface area contributed by atoms with Crippen molar-refractivity contribution in [3.8, 4) is 0 Å². The Kier molecular flexibility index (Phi) is 3.34. The number of aromatic nitrogens is 2. The van der Waals surface area contributed by atoms with E-state index in [4.69, 9.17) is 10.5 Å². The lowest BCUT2D eigenvalue weighted by Crippen LogP contribution is -2.49. The van der Waals surface area contributed by atoms with E-state index >= 15 is 0 Å². The highest BCUT2D eigenvalue weighted by Crippen LogP contribution is 2.34. The van der Waals surface area contributed by atoms with Gasteiger partial charge in [-0.2, -0.15) is 0 Å². The molecule has 3 N–H and O–H groups in total. The molecule has 1 fully saturated rings. The van der Waals surface area contributed by atoms with E-state index in [9.17, 15) is 8.42 Å². The fourth-order valence-corrected chi connectivity index (χ4v) is 3.58. The van der Waals surface area contributed by atoms with Crippen LogP contribution in [-0.4, -0.2) is 37.9 Å². The number of nitrogens with zero attached hydrogens (tertiary/aromatic N) is 2. The summed E-state index contributed by atoms with van der Waals surface area (Å²) in [7, 11) is -2.03.